The highest BCUT2D eigenvalue weighted by Gasteiger charge is 2.42. The Morgan fingerprint density at radius 2 is 2.04 bits per heavy atom. The van der Waals surface area contributed by atoms with E-state index in [1.54, 1.807) is 6.20 Å². The van der Waals surface area contributed by atoms with Crippen molar-refractivity contribution in [3.05, 3.63) is 42.2 Å². The van der Waals surface area contributed by atoms with Crippen LogP contribution in [0.1, 0.15) is 55.4 Å². The van der Waals surface area contributed by atoms with Gasteiger partial charge >= 0.3 is 0 Å². The van der Waals surface area contributed by atoms with Gasteiger partial charge in [-0.1, -0.05) is 30.7 Å². The van der Waals surface area contributed by atoms with E-state index in [4.69, 9.17) is 0 Å². The number of carbonyl (C=O) groups excluding carboxylic acids is 1. The normalized spacial score (nSPS) is 31.1. The molecule has 0 spiro atoms. The van der Waals surface area contributed by atoms with Crippen molar-refractivity contribution in [3.63, 3.8) is 0 Å². The lowest BCUT2D eigenvalue weighted by Crippen LogP contribution is -2.37. The fraction of sp³-hybridized carbons (Fsp3) is 0.545. The quantitative estimate of drug-likeness (QED) is 0.817. The molecule has 3 nitrogen and oxygen atoms in total. The van der Waals surface area contributed by atoms with Crippen LogP contribution in [0.3, 0.4) is 0 Å². The number of likely N-dealkylation sites (tertiary alicyclic amines) is 1. The second-order valence-corrected chi connectivity index (χ2v) is 8.35. The molecule has 3 fully saturated rings. The SMILES string of the molecule is O=C(c1nccc2ccccc12)N1CCCC1CC1CC2CCC1C2. The third-order valence-electron chi connectivity index (χ3n) is 6.97. The van der Waals surface area contributed by atoms with Gasteiger partial charge in [0.2, 0.25) is 0 Å². The summed E-state index contributed by atoms with van der Waals surface area (Å²) in [6.45, 7) is 0.898. The average molecular weight is 334 g/mol. The molecular weight excluding hydrogens is 308 g/mol. The first kappa shape index (κ1) is 15.4. The number of benzene rings is 1. The molecule has 1 aromatic heterocycles. The monoisotopic (exact) mass is 334 g/mol. The van der Waals surface area contributed by atoms with Crippen molar-refractivity contribution in [3.8, 4) is 0 Å². The summed E-state index contributed by atoms with van der Waals surface area (Å²) in [6.07, 6.45) is 11.1. The van der Waals surface area contributed by atoms with Gasteiger partial charge in [-0.15, -0.1) is 0 Å². The number of nitrogens with zero attached hydrogens (tertiary/aromatic N) is 2. The Balaban J connectivity index is 1.38. The van der Waals surface area contributed by atoms with Gasteiger partial charge in [-0.05, 0) is 67.7 Å². The average Bonchev–Trinajstić information content (AvgIpc) is 3.38. The zero-order valence-electron chi connectivity index (χ0n) is 14.7. The van der Waals surface area contributed by atoms with E-state index < -0.39 is 0 Å². The summed E-state index contributed by atoms with van der Waals surface area (Å²) in [6, 6.07) is 10.5. The number of pyridine rings is 1. The van der Waals surface area contributed by atoms with E-state index in [0.29, 0.717) is 11.7 Å². The lowest BCUT2D eigenvalue weighted by atomic mass is 9.83. The van der Waals surface area contributed by atoms with Crippen LogP contribution in [0, 0.1) is 17.8 Å². The molecule has 1 amide bonds. The molecule has 3 heteroatoms. The molecule has 2 heterocycles. The minimum atomic E-state index is 0.141. The van der Waals surface area contributed by atoms with Gasteiger partial charge in [0.15, 0.2) is 0 Å². The molecular formula is C22H26N2O. The smallest absolute Gasteiger partial charge is 0.273 e. The largest absolute Gasteiger partial charge is 0.334 e. The number of fused-ring (bicyclic) bond motifs is 3. The summed E-state index contributed by atoms with van der Waals surface area (Å²) in [5, 5.41) is 2.09. The molecule has 2 bridgehead atoms. The first-order valence-electron chi connectivity index (χ1n) is 9.94. The van der Waals surface area contributed by atoms with Gasteiger partial charge in [-0.2, -0.15) is 0 Å². The second-order valence-electron chi connectivity index (χ2n) is 8.35. The van der Waals surface area contributed by atoms with Crippen LogP contribution in [-0.2, 0) is 0 Å². The Hall–Kier alpha value is -1.90. The molecule has 1 saturated heterocycles. The van der Waals surface area contributed by atoms with Crippen LogP contribution in [0.4, 0.5) is 0 Å². The van der Waals surface area contributed by atoms with E-state index in [1.165, 1.54) is 38.5 Å². The highest BCUT2D eigenvalue weighted by Crippen LogP contribution is 2.50. The van der Waals surface area contributed by atoms with Gasteiger partial charge in [0.1, 0.15) is 5.69 Å². The fourth-order valence-corrected chi connectivity index (χ4v) is 5.79. The minimum Gasteiger partial charge on any atom is -0.334 e. The topological polar surface area (TPSA) is 33.2 Å². The molecule has 130 valence electrons. The molecule has 4 atom stereocenters. The highest BCUT2D eigenvalue weighted by atomic mass is 16.2. The molecule has 3 aliphatic rings. The standard InChI is InChI=1S/C22H26N2O/c25-22(21-20-6-2-1-4-16(20)9-10-23-21)24-11-3-5-19(24)14-18-13-15-7-8-17(18)12-15/h1-2,4,6,9-10,15,17-19H,3,5,7-8,11-14H2. The van der Waals surface area contributed by atoms with Crippen molar-refractivity contribution in [2.75, 3.05) is 6.54 Å². The minimum absolute atomic E-state index is 0.141. The first-order valence-corrected chi connectivity index (χ1v) is 9.94. The van der Waals surface area contributed by atoms with Crippen molar-refractivity contribution in [1.29, 1.82) is 0 Å². The molecule has 2 aromatic rings. The third kappa shape index (κ3) is 2.65. The van der Waals surface area contributed by atoms with Gasteiger partial charge in [0, 0.05) is 24.2 Å². The zero-order valence-corrected chi connectivity index (χ0v) is 14.7. The predicted molar refractivity (Wildman–Crippen MR) is 99.4 cm³/mol. The summed E-state index contributed by atoms with van der Waals surface area (Å²) in [4.78, 5) is 19.9. The lowest BCUT2D eigenvalue weighted by Gasteiger charge is -2.30. The van der Waals surface area contributed by atoms with E-state index in [0.717, 1.165) is 41.5 Å². The summed E-state index contributed by atoms with van der Waals surface area (Å²) in [7, 11) is 0. The molecule has 2 aliphatic carbocycles. The molecule has 1 aromatic carbocycles. The maximum absolute atomic E-state index is 13.3. The fourth-order valence-electron chi connectivity index (χ4n) is 5.79. The van der Waals surface area contributed by atoms with Gasteiger partial charge in [0.25, 0.3) is 5.91 Å². The van der Waals surface area contributed by atoms with Crippen LogP contribution in [0.2, 0.25) is 0 Å². The summed E-state index contributed by atoms with van der Waals surface area (Å²) in [5.74, 6) is 2.93. The summed E-state index contributed by atoms with van der Waals surface area (Å²) >= 11 is 0. The van der Waals surface area contributed by atoms with Gasteiger partial charge in [-0.3, -0.25) is 9.78 Å². The van der Waals surface area contributed by atoms with E-state index in [9.17, 15) is 4.79 Å². The number of rotatable bonds is 3. The maximum atomic E-state index is 13.3. The van der Waals surface area contributed by atoms with Crippen LogP contribution in [0.5, 0.6) is 0 Å². The highest BCUT2D eigenvalue weighted by molar-refractivity contribution is 6.05. The van der Waals surface area contributed by atoms with Crippen LogP contribution in [0.15, 0.2) is 36.5 Å². The van der Waals surface area contributed by atoms with Gasteiger partial charge < -0.3 is 4.90 Å². The Morgan fingerprint density at radius 1 is 1.12 bits per heavy atom. The molecule has 0 N–H and O–H groups in total. The van der Waals surface area contributed by atoms with Crippen molar-refractivity contribution in [1.82, 2.24) is 9.88 Å². The van der Waals surface area contributed by atoms with Crippen LogP contribution in [0.25, 0.3) is 10.8 Å². The van der Waals surface area contributed by atoms with E-state index in [2.05, 4.69) is 16.0 Å². The maximum Gasteiger partial charge on any atom is 0.273 e. The molecule has 25 heavy (non-hydrogen) atoms. The van der Waals surface area contributed by atoms with E-state index in [1.807, 2.05) is 24.3 Å². The number of amides is 1. The second kappa shape index (κ2) is 6.12. The van der Waals surface area contributed by atoms with Crippen molar-refractivity contribution in [2.24, 2.45) is 17.8 Å². The van der Waals surface area contributed by atoms with E-state index >= 15 is 0 Å². The zero-order chi connectivity index (χ0) is 16.8. The summed E-state index contributed by atoms with van der Waals surface area (Å²) in [5.41, 5.74) is 0.637. The number of hydrogen-bond acceptors (Lipinski definition) is 2. The Bertz CT molecular complexity index is 796. The molecule has 2 saturated carbocycles. The predicted octanol–water partition coefficient (Wildman–Crippen LogP) is 4.67. The van der Waals surface area contributed by atoms with Gasteiger partial charge in [-0.25, -0.2) is 0 Å². The van der Waals surface area contributed by atoms with E-state index in [-0.39, 0.29) is 5.91 Å². The van der Waals surface area contributed by atoms with Crippen molar-refractivity contribution >= 4 is 16.7 Å². The van der Waals surface area contributed by atoms with Crippen molar-refractivity contribution < 1.29 is 4.79 Å². The van der Waals surface area contributed by atoms with Crippen LogP contribution < -0.4 is 0 Å². The van der Waals surface area contributed by atoms with Crippen LogP contribution >= 0.6 is 0 Å². The van der Waals surface area contributed by atoms with Crippen LogP contribution in [-0.4, -0.2) is 28.4 Å². The lowest BCUT2D eigenvalue weighted by molar-refractivity contribution is 0.0704. The summed E-state index contributed by atoms with van der Waals surface area (Å²) < 4.78 is 0. The molecule has 5 rings (SSSR count). The molecule has 0 radical (unpaired) electrons. The number of aromatic nitrogens is 1. The molecule has 1 aliphatic heterocycles. The number of hydrogen-bond donors (Lipinski definition) is 0. The van der Waals surface area contributed by atoms with Crippen molar-refractivity contribution in [2.45, 2.75) is 51.0 Å². The Kier molecular flexibility index (Phi) is 3.76. The molecule has 4 unspecified atom stereocenters. The number of carbonyl (C=O) groups is 1. The third-order valence-corrected chi connectivity index (χ3v) is 6.97. The Labute approximate surface area is 149 Å². The Morgan fingerprint density at radius 3 is 2.88 bits per heavy atom. The van der Waals surface area contributed by atoms with Gasteiger partial charge in [0.05, 0.1) is 0 Å². The first-order chi connectivity index (χ1) is 12.3.